The average molecular weight is 222 g/mol. The maximum absolute atomic E-state index is 11.7. The van der Waals surface area contributed by atoms with Crippen molar-refractivity contribution >= 4 is 11.6 Å². The molecular weight excluding hydrogens is 208 g/mol. The smallest absolute Gasteiger partial charge is 0.273 e. The van der Waals surface area contributed by atoms with Gasteiger partial charge >= 0.3 is 0 Å². The zero-order valence-corrected chi connectivity index (χ0v) is 9.32. The maximum Gasteiger partial charge on any atom is 0.273 e. The van der Waals surface area contributed by atoms with Crippen molar-refractivity contribution in [3.05, 3.63) is 39.4 Å². The van der Waals surface area contributed by atoms with Gasteiger partial charge in [0.2, 0.25) is 0 Å². The highest BCUT2D eigenvalue weighted by molar-refractivity contribution is 5.96. The Morgan fingerprint density at radius 1 is 1.50 bits per heavy atom. The lowest BCUT2D eigenvalue weighted by molar-refractivity contribution is -0.385. The number of nitro benzene ring substituents is 1. The van der Waals surface area contributed by atoms with Crippen LogP contribution >= 0.6 is 0 Å². The van der Waals surface area contributed by atoms with E-state index in [1.54, 1.807) is 13.0 Å². The number of rotatable bonds is 4. The molecule has 0 aliphatic rings. The van der Waals surface area contributed by atoms with Crippen LogP contribution in [0.3, 0.4) is 0 Å². The SMILES string of the molecule is CCCNC(=O)c1cccc([N+](=O)[O-])c1C. The molecule has 1 rings (SSSR count). The Morgan fingerprint density at radius 2 is 2.19 bits per heavy atom. The minimum absolute atomic E-state index is 0.0239. The molecule has 0 aromatic heterocycles. The molecule has 16 heavy (non-hydrogen) atoms. The molecule has 1 aromatic rings. The molecule has 86 valence electrons. The van der Waals surface area contributed by atoms with Crippen molar-refractivity contribution < 1.29 is 9.72 Å². The lowest BCUT2D eigenvalue weighted by Crippen LogP contribution is -2.24. The number of nitrogens with one attached hydrogen (secondary N) is 1. The summed E-state index contributed by atoms with van der Waals surface area (Å²) in [6, 6.07) is 4.51. The van der Waals surface area contributed by atoms with Gasteiger partial charge < -0.3 is 5.32 Å². The fourth-order valence-corrected chi connectivity index (χ4v) is 1.40. The third-order valence-corrected chi connectivity index (χ3v) is 2.28. The van der Waals surface area contributed by atoms with E-state index in [1.165, 1.54) is 12.1 Å². The van der Waals surface area contributed by atoms with Crippen molar-refractivity contribution in [2.45, 2.75) is 20.3 Å². The molecule has 0 bridgehead atoms. The molecule has 0 spiro atoms. The van der Waals surface area contributed by atoms with Crippen LogP contribution in [0.4, 0.5) is 5.69 Å². The molecule has 5 heteroatoms. The van der Waals surface area contributed by atoms with Crippen LogP contribution in [-0.2, 0) is 0 Å². The highest BCUT2D eigenvalue weighted by atomic mass is 16.6. The summed E-state index contributed by atoms with van der Waals surface area (Å²) >= 11 is 0. The highest BCUT2D eigenvalue weighted by Gasteiger charge is 2.17. The first kappa shape index (κ1) is 12.2. The van der Waals surface area contributed by atoms with Crippen LogP contribution in [-0.4, -0.2) is 17.4 Å². The van der Waals surface area contributed by atoms with E-state index in [1.807, 2.05) is 6.92 Å². The molecule has 0 unspecified atom stereocenters. The zero-order chi connectivity index (χ0) is 12.1. The Balaban J connectivity index is 3.01. The van der Waals surface area contributed by atoms with Crippen LogP contribution in [0.1, 0.15) is 29.3 Å². The lowest BCUT2D eigenvalue weighted by atomic mass is 10.1. The first-order valence-electron chi connectivity index (χ1n) is 5.10. The topological polar surface area (TPSA) is 72.2 Å². The summed E-state index contributed by atoms with van der Waals surface area (Å²) in [7, 11) is 0. The largest absolute Gasteiger partial charge is 0.352 e. The predicted molar refractivity (Wildman–Crippen MR) is 60.5 cm³/mol. The van der Waals surface area contributed by atoms with Gasteiger partial charge in [-0.2, -0.15) is 0 Å². The Bertz CT molecular complexity index is 416. The number of hydrogen-bond donors (Lipinski definition) is 1. The molecule has 0 heterocycles. The van der Waals surface area contributed by atoms with Crippen molar-refractivity contribution in [2.75, 3.05) is 6.54 Å². The molecule has 0 aliphatic heterocycles. The fourth-order valence-electron chi connectivity index (χ4n) is 1.40. The summed E-state index contributed by atoms with van der Waals surface area (Å²) in [5.41, 5.74) is 0.743. The van der Waals surface area contributed by atoms with Crippen LogP contribution in [0.15, 0.2) is 18.2 Å². The van der Waals surface area contributed by atoms with Gasteiger partial charge in [0, 0.05) is 23.7 Å². The second-order valence-corrected chi connectivity index (χ2v) is 3.46. The molecule has 1 aromatic carbocycles. The van der Waals surface area contributed by atoms with Crippen molar-refractivity contribution in [2.24, 2.45) is 0 Å². The number of carbonyl (C=O) groups excluding carboxylic acids is 1. The van der Waals surface area contributed by atoms with E-state index >= 15 is 0 Å². The number of benzene rings is 1. The molecule has 5 nitrogen and oxygen atoms in total. The summed E-state index contributed by atoms with van der Waals surface area (Å²) < 4.78 is 0. The first-order chi connectivity index (χ1) is 7.57. The summed E-state index contributed by atoms with van der Waals surface area (Å²) in [6.45, 7) is 4.10. The van der Waals surface area contributed by atoms with Crippen molar-refractivity contribution in [3.8, 4) is 0 Å². The molecule has 0 saturated carbocycles. The minimum atomic E-state index is -0.480. The van der Waals surface area contributed by atoms with Gasteiger partial charge in [-0.1, -0.05) is 13.0 Å². The summed E-state index contributed by atoms with van der Waals surface area (Å²) in [5.74, 6) is -0.261. The summed E-state index contributed by atoms with van der Waals surface area (Å²) in [4.78, 5) is 21.9. The molecule has 0 aliphatic carbocycles. The van der Waals surface area contributed by atoms with E-state index in [0.29, 0.717) is 17.7 Å². The van der Waals surface area contributed by atoms with Crippen LogP contribution in [0.5, 0.6) is 0 Å². The van der Waals surface area contributed by atoms with Crippen LogP contribution in [0.25, 0.3) is 0 Å². The number of amides is 1. The van der Waals surface area contributed by atoms with E-state index in [9.17, 15) is 14.9 Å². The molecular formula is C11H14N2O3. The summed E-state index contributed by atoms with van der Waals surface area (Å²) in [6.07, 6.45) is 0.833. The zero-order valence-electron chi connectivity index (χ0n) is 9.32. The van der Waals surface area contributed by atoms with Gasteiger partial charge in [0.05, 0.1) is 4.92 Å². The fraction of sp³-hybridized carbons (Fsp3) is 0.364. The highest BCUT2D eigenvalue weighted by Crippen LogP contribution is 2.20. The minimum Gasteiger partial charge on any atom is -0.352 e. The van der Waals surface area contributed by atoms with Crippen molar-refractivity contribution in [3.63, 3.8) is 0 Å². The molecule has 0 fully saturated rings. The van der Waals surface area contributed by atoms with E-state index in [0.717, 1.165) is 6.42 Å². The average Bonchev–Trinajstić information content (AvgIpc) is 2.25. The quantitative estimate of drug-likeness (QED) is 0.625. The Kier molecular flexibility index (Phi) is 3.99. The molecule has 0 saturated heterocycles. The monoisotopic (exact) mass is 222 g/mol. The molecule has 0 atom stereocenters. The van der Waals surface area contributed by atoms with Gasteiger partial charge in [-0.25, -0.2) is 0 Å². The van der Waals surface area contributed by atoms with Gasteiger partial charge in [-0.3, -0.25) is 14.9 Å². The number of hydrogen-bond acceptors (Lipinski definition) is 3. The second kappa shape index (κ2) is 5.25. The second-order valence-electron chi connectivity index (χ2n) is 3.46. The van der Waals surface area contributed by atoms with Crippen LogP contribution in [0, 0.1) is 17.0 Å². The van der Waals surface area contributed by atoms with Gasteiger partial charge in [0.15, 0.2) is 0 Å². The third-order valence-electron chi connectivity index (χ3n) is 2.28. The normalized spacial score (nSPS) is 9.88. The Hall–Kier alpha value is -1.91. The van der Waals surface area contributed by atoms with Gasteiger partial charge in [0.25, 0.3) is 11.6 Å². The van der Waals surface area contributed by atoms with Gasteiger partial charge in [0.1, 0.15) is 0 Å². The molecule has 0 radical (unpaired) electrons. The standard InChI is InChI=1S/C11H14N2O3/c1-3-7-12-11(14)9-5-4-6-10(8(9)2)13(15)16/h4-6H,3,7H2,1-2H3,(H,12,14). The Labute approximate surface area is 93.6 Å². The van der Waals surface area contributed by atoms with Crippen LogP contribution in [0.2, 0.25) is 0 Å². The van der Waals surface area contributed by atoms with E-state index in [-0.39, 0.29) is 11.6 Å². The van der Waals surface area contributed by atoms with E-state index < -0.39 is 4.92 Å². The number of nitro groups is 1. The molecule has 1 amide bonds. The molecule has 1 N–H and O–H groups in total. The van der Waals surface area contributed by atoms with Crippen LogP contribution < -0.4 is 5.32 Å². The first-order valence-corrected chi connectivity index (χ1v) is 5.10. The third kappa shape index (κ3) is 2.56. The number of nitrogens with zero attached hydrogens (tertiary/aromatic N) is 1. The van der Waals surface area contributed by atoms with Crippen molar-refractivity contribution in [1.29, 1.82) is 0 Å². The van der Waals surface area contributed by atoms with E-state index in [4.69, 9.17) is 0 Å². The van der Waals surface area contributed by atoms with E-state index in [2.05, 4.69) is 5.32 Å². The van der Waals surface area contributed by atoms with Crippen molar-refractivity contribution in [1.82, 2.24) is 5.32 Å². The maximum atomic E-state index is 11.7. The van der Waals surface area contributed by atoms with Gasteiger partial charge in [-0.15, -0.1) is 0 Å². The number of carbonyl (C=O) groups is 1. The van der Waals surface area contributed by atoms with Gasteiger partial charge in [-0.05, 0) is 19.4 Å². The predicted octanol–water partition coefficient (Wildman–Crippen LogP) is 2.04. The summed E-state index contributed by atoms with van der Waals surface area (Å²) in [5, 5.41) is 13.4. The lowest BCUT2D eigenvalue weighted by Gasteiger charge is -2.06. The Morgan fingerprint density at radius 3 is 2.75 bits per heavy atom.